The minimum Gasteiger partial charge on any atom is -0.462 e. The molecule has 0 fully saturated rings. The lowest BCUT2D eigenvalue weighted by Crippen LogP contribution is -2.04. The van der Waals surface area contributed by atoms with E-state index in [0.717, 1.165) is 30.6 Å². The fourth-order valence-electron chi connectivity index (χ4n) is 2.58. The predicted molar refractivity (Wildman–Crippen MR) is 110 cm³/mol. The van der Waals surface area contributed by atoms with Crippen LogP contribution in [0.3, 0.4) is 0 Å². The highest BCUT2D eigenvalue weighted by atomic mass is 32.1. The summed E-state index contributed by atoms with van der Waals surface area (Å²) in [6, 6.07) is 8.32. The van der Waals surface area contributed by atoms with E-state index in [4.69, 9.17) is 4.74 Å². The van der Waals surface area contributed by atoms with E-state index < -0.39 is 0 Å². The lowest BCUT2D eigenvalue weighted by atomic mass is 10.1. The highest BCUT2D eigenvalue weighted by Gasteiger charge is 2.12. The standard InChI is InChI=1S/C21H28O2S2/c1-3-5-7-9-11-17-12-13-18(24-17)19-14-15-20(25-19)21(22)23-16-10-8-6-4-2/h4,12-15H,2-3,5-11,16H2,1H3. The summed E-state index contributed by atoms with van der Waals surface area (Å²) in [4.78, 5) is 16.6. The predicted octanol–water partition coefficient (Wildman–Crippen LogP) is 7.11. The first-order valence-electron chi connectivity index (χ1n) is 9.21. The number of carbonyl (C=O) groups is 1. The van der Waals surface area contributed by atoms with E-state index in [-0.39, 0.29) is 5.97 Å². The van der Waals surface area contributed by atoms with Gasteiger partial charge < -0.3 is 4.74 Å². The summed E-state index contributed by atoms with van der Waals surface area (Å²) in [5.74, 6) is -0.203. The van der Waals surface area contributed by atoms with E-state index >= 15 is 0 Å². The molecule has 0 saturated carbocycles. The Kier molecular flexibility index (Phi) is 8.98. The number of allylic oxidation sites excluding steroid dienone is 1. The molecule has 0 saturated heterocycles. The van der Waals surface area contributed by atoms with Crippen molar-refractivity contribution in [2.75, 3.05) is 6.61 Å². The van der Waals surface area contributed by atoms with E-state index in [2.05, 4.69) is 25.6 Å². The first-order chi connectivity index (χ1) is 12.2. The van der Waals surface area contributed by atoms with Crippen molar-refractivity contribution in [1.29, 1.82) is 0 Å². The van der Waals surface area contributed by atoms with Crippen LogP contribution in [0.4, 0.5) is 0 Å². The fraction of sp³-hybridized carbons (Fsp3) is 0.476. The Labute approximate surface area is 159 Å². The Morgan fingerprint density at radius 2 is 1.84 bits per heavy atom. The van der Waals surface area contributed by atoms with E-state index in [1.54, 1.807) is 0 Å². The van der Waals surface area contributed by atoms with Gasteiger partial charge in [-0.25, -0.2) is 4.79 Å². The first-order valence-corrected chi connectivity index (χ1v) is 10.8. The Morgan fingerprint density at radius 3 is 2.64 bits per heavy atom. The maximum atomic E-state index is 12.1. The van der Waals surface area contributed by atoms with E-state index in [9.17, 15) is 4.79 Å². The van der Waals surface area contributed by atoms with Gasteiger partial charge in [0.25, 0.3) is 0 Å². The summed E-state index contributed by atoms with van der Waals surface area (Å²) in [6.07, 6.45) is 11.1. The van der Waals surface area contributed by atoms with Gasteiger partial charge in [0.1, 0.15) is 4.88 Å². The van der Waals surface area contributed by atoms with E-state index in [0.29, 0.717) is 11.5 Å². The highest BCUT2D eigenvalue weighted by Crippen LogP contribution is 2.34. The van der Waals surface area contributed by atoms with Crippen LogP contribution in [0.1, 0.15) is 66.4 Å². The molecule has 0 spiro atoms. The molecule has 0 radical (unpaired) electrons. The third-order valence-corrected chi connectivity index (χ3v) is 6.43. The van der Waals surface area contributed by atoms with Crippen LogP contribution in [-0.4, -0.2) is 12.6 Å². The van der Waals surface area contributed by atoms with Gasteiger partial charge >= 0.3 is 5.97 Å². The van der Waals surface area contributed by atoms with Crippen LogP contribution in [0.25, 0.3) is 9.75 Å². The molecule has 0 bridgehead atoms. The van der Waals surface area contributed by atoms with Gasteiger partial charge in [0.05, 0.1) is 6.61 Å². The maximum absolute atomic E-state index is 12.1. The van der Waals surface area contributed by atoms with Gasteiger partial charge in [-0.2, -0.15) is 0 Å². The normalized spacial score (nSPS) is 10.8. The number of thiophene rings is 2. The van der Waals surface area contributed by atoms with Gasteiger partial charge in [0, 0.05) is 14.6 Å². The minimum absolute atomic E-state index is 0.203. The van der Waals surface area contributed by atoms with Gasteiger partial charge in [-0.1, -0.05) is 32.3 Å². The second kappa shape index (κ2) is 11.3. The van der Waals surface area contributed by atoms with Crippen molar-refractivity contribution in [1.82, 2.24) is 0 Å². The number of ether oxygens (including phenoxy) is 1. The number of hydrogen-bond acceptors (Lipinski definition) is 4. The van der Waals surface area contributed by atoms with Gasteiger partial charge in [0.15, 0.2) is 0 Å². The third-order valence-electron chi connectivity index (χ3n) is 4.02. The molecule has 25 heavy (non-hydrogen) atoms. The van der Waals surface area contributed by atoms with Crippen LogP contribution >= 0.6 is 22.7 Å². The molecule has 0 N–H and O–H groups in total. The molecule has 2 aromatic rings. The van der Waals surface area contributed by atoms with Crippen molar-refractivity contribution >= 4 is 28.6 Å². The van der Waals surface area contributed by atoms with Crippen LogP contribution in [0.15, 0.2) is 36.9 Å². The second-order valence-electron chi connectivity index (χ2n) is 6.16. The monoisotopic (exact) mass is 376 g/mol. The molecule has 0 aliphatic heterocycles. The van der Waals surface area contributed by atoms with E-state index in [1.165, 1.54) is 46.8 Å². The zero-order valence-corrected chi connectivity index (χ0v) is 16.7. The molecule has 2 heterocycles. The summed E-state index contributed by atoms with van der Waals surface area (Å²) in [5.41, 5.74) is 0. The van der Waals surface area contributed by atoms with Crippen molar-refractivity contribution in [3.63, 3.8) is 0 Å². The molecule has 4 heteroatoms. The third kappa shape index (κ3) is 6.79. The Morgan fingerprint density at radius 1 is 1.04 bits per heavy atom. The van der Waals surface area contributed by atoms with Crippen LogP contribution in [0.5, 0.6) is 0 Å². The first kappa shape index (κ1) is 19.9. The summed E-state index contributed by atoms with van der Waals surface area (Å²) >= 11 is 3.37. The lowest BCUT2D eigenvalue weighted by molar-refractivity contribution is 0.0504. The molecule has 0 amide bonds. The van der Waals surface area contributed by atoms with E-state index in [1.807, 2.05) is 29.5 Å². The van der Waals surface area contributed by atoms with Crippen molar-refractivity contribution in [3.05, 3.63) is 46.7 Å². The largest absolute Gasteiger partial charge is 0.462 e. The molecule has 2 rings (SSSR count). The fourth-order valence-corrected chi connectivity index (χ4v) is 4.62. The van der Waals surface area contributed by atoms with Gasteiger partial charge in [-0.05, 0) is 56.4 Å². The number of esters is 1. The van der Waals surface area contributed by atoms with Crippen molar-refractivity contribution in [3.8, 4) is 9.75 Å². The molecule has 0 unspecified atom stereocenters. The summed E-state index contributed by atoms with van der Waals surface area (Å²) in [6.45, 7) is 6.42. The zero-order valence-electron chi connectivity index (χ0n) is 15.1. The molecule has 2 aromatic heterocycles. The molecule has 0 aliphatic rings. The number of hydrogen-bond donors (Lipinski definition) is 0. The number of aryl methyl sites for hydroxylation is 1. The summed E-state index contributed by atoms with van der Waals surface area (Å²) < 4.78 is 5.35. The molecular formula is C21H28O2S2. The summed E-state index contributed by atoms with van der Waals surface area (Å²) in [7, 11) is 0. The Balaban J connectivity index is 1.82. The molecular weight excluding hydrogens is 348 g/mol. The molecule has 0 aliphatic carbocycles. The zero-order chi connectivity index (χ0) is 17.9. The number of carbonyl (C=O) groups excluding carboxylic acids is 1. The lowest BCUT2D eigenvalue weighted by Gasteiger charge is -2.01. The van der Waals surface area contributed by atoms with Gasteiger partial charge in [0.2, 0.25) is 0 Å². The van der Waals surface area contributed by atoms with Crippen molar-refractivity contribution in [2.24, 2.45) is 0 Å². The van der Waals surface area contributed by atoms with Crippen molar-refractivity contribution < 1.29 is 9.53 Å². The smallest absolute Gasteiger partial charge is 0.348 e. The molecule has 136 valence electrons. The number of unbranched alkanes of at least 4 members (excludes halogenated alkanes) is 5. The van der Waals surface area contributed by atoms with Crippen LogP contribution < -0.4 is 0 Å². The topological polar surface area (TPSA) is 26.3 Å². The minimum atomic E-state index is -0.203. The van der Waals surface area contributed by atoms with Gasteiger partial charge in [-0.15, -0.1) is 29.3 Å². The van der Waals surface area contributed by atoms with Crippen LogP contribution in [0.2, 0.25) is 0 Å². The summed E-state index contributed by atoms with van der Waals surface area (Å²) in [5, 5.41) is 0. The quantitative estimate of drug-likeness (QED) is 0.224. The average molecular weight is 377 g/mol. The second-order valence-corrected chi connectivity index (χ2v) is 8.41. The molecule has 0 atom stereocenters. The number of rotatable bonds is 12. The SMILES string of the molecule is C=CCCCCOC(=O)c1ccc(-c2ccc(CCCCCC)s2)s1. The Bertz CT molecular complexity index is 654. The van der Waals surface area contributed by atoms with Crippen LogP contribution in [-0.2, 0) is 11.2 Å². The molecule has 2 nitrogen and oxygen atoms in total. The Hall–Kier alpha value is -1.39. The van der Waals surface area contributed by atoms with Crippen LogP contribution in [0, 0.1) is 0 Å². The van der Waals surface area contributed by atoms with Gasteiger partial charge in [-0.3, -0.25) is 0 Å². The van der Waals surface area contributed by atoms with Crippen molar-refractivity contribution in [2.45, 2.75) is 58.3 Å². The highest BCUT2D eigenvalue weighted by molar-refractivity contribution is 7.23. The molecule has 0 aromatic carbocycles. The average Bonchev–Trinajstić information content (AvgIpc) is 3.27. The maximum Gasteiger partial charge on any atom is 0.348 e.